The number of unbranched alkanes of at least 4 members (excludes halogenated alkanes) is 6. The number of aliphatic hydroxyl groups excluding tert-OH is 1. The molecule has 2 atom stereocenters. The molecule has 1 aliphatic rings. The SMILES string of the molecule is CCCCCCCCCOc1ccc([C@@H]2CC[C@@](N)(CO)C2)cc1. The van der Waals surface area contributed by atoms with Crippen LogP contribution in [0.4, 0.5) is 0 Å². The molecule has 0 spiro atoms. The van der Waals surface area contributed by atoms with Gasteiger partial charge in [0, 0.05) is 5.54 Å². The van der Waals surface area contributed by atoms with E-state index in [1.165, 1.54) is 44.1 Å². The minimum atomic E-state index is -0.378. The summed E-state index contributed by atoms with van der Waals surface area (Å²) < 4.78 is 5.85. The highest BCUT2D eigenvalue weighted by atomic mass is 16.5. The van der Waals surface area contributed by atoms with Crippen molar-refractivity contribution in [3.8, 4) is 5.75 Å². The van der Waals surface area contributed by atoms with Crippen molar-refractivity contribution in [1.82, 2.24) is 0 Å². The third-order valence-electron chi connectivity index (χ3n) is 5.33. The first-order chi connectivity index (χ1) is 11.7. The number of nitrogens with two attached hydrogens (primary N) is 1. The average Bonchev–Trinajstić information content (AvgIpc) is 3.01. The van der Waals surface area contributed by atoms with Crippen LogP contribution in [0.25, 0.3) is 0 Å². The van der Waals surface area contributed by atoms with Crippen LogP contribution in [0, 0.1) is 0 Å². The Kier molecular flexibility index (Phi) is 8.07. The van der Waals surface area contributed by atoms with Gasteiger partial charge in [-0.1, -0.05) is 57.6 Å². The molecule has 0 unspecified atom stereocenters. The van der Waals surface area contributed by atoms with E-state index in [4.69, 9.17) is 10.5 Å². The Balaban J connectivity index is 1.64. The first-order valence-electron chi connectivity index (χ1n) is 9.79. The fourth-order valence-corrected chi connectivity index (χ4v) is 3.67. The van der Waals surface area contributed by atoms with Gasteiger partial charge < -0.3 is 15.6 Å². The first-order valence-corrected chi connectivity index (χ1v) is 9.79. The third-order valence-corrected chi connectivity index (χ3v) is 5.33. The first kappa shape index (κ1) is 19.3. The zero-order valence-corrected chi connectivity index (χ0v) is 15.3. The summed E-state index contributed by atoms with van der Waals surface area (Å²) in [5, 5.41) is 9.39. The van der Waals surface area contributed by atoms with E-state index in [1.54, 1.807) is 0 Å². The molecule has 0 heterocycles. The number of benzene rings is 1. The number of aliphatic hydroxyl groups is 1. The van der Waals surface area contributed by atoms with Crippen molar-refractivity contribution in [2.75, 3.05) is 13.2 Å². The normalized spacial score (nSPS) is 23.5. The zero-order chi connectivity index (χ0) is 17.3. The Bertz CT molecular complexity index is 459. The van der Waals surface area contributed by atoms with Crippen LogP contribution in [0.5, 0.6) is 5.75 Å². The van der Waals surface area contributed by atoms with E-state index in [9.17, 15) is 5.11 Å². The van der Waals surface area contributed by atoms with Crippen LogP contribution in [-0.4, -0.2) is 23.9 Å². The summed E-state index contributed by atoms with van der Waals surface area (Å²) in [7, 11) is 0. The van der Waals surface area contributed by atoms with Crippen molar-refractivity contribution in [3.05, 3.63) is 29.8 Å². The van der Waals surface area contributed by atoms with Gasteiger partial charge in [-0.25, -0.2) is 0 Å². The summed E-state index contributed by atoms with van der Waals surface area (Å²) in [5.41, 5.74) is 7.11. The van der Waals surface area contributed by atoms with Gasteiger partial charge in [-0.2, -0.15) is 0 Å². The Hall–Kier alpha value is -1.06. The molecule has 0 aromatic heterocycles. The topological polar surface area (TPSA) is 55.5 Å². The molecule has 0 radical (unpaired) electrons. The second-order valence-electron chi connectivity index (χ2n) is 7.50. The highest BCUT2D eigenvalue weighted by Crippen LogP contribution is 2.39. The van der Waals surface area contributed by atoms with Crippen molar-refractivity contribution in [1.29, 1.82) is 0 Å². The quantitative estimate of drug-likeness (QED) is 0.573. The van der Waals surface area contributed by atoms with E-state index in [2.05, 4.69) is 31.2 Å². The van der Waals surface area contributed by atoms with Gasteiger partial charge in [0.25, 0.3) is 0 Å². The standard InChI is InChI=1S/C21H35NO2/c1-2-3-4-5-6-7-8-15-24-20-11-9-18(10-12-20)19-13-14-21(22,16-19)17-23/h9-12,19,23H,2-8,13-17,22H2,1H3/t19-,21+/m1/s1. The van der Waals surface area contributed by atoms with Crippen molar-refractivity contribution in [2.45, 2.75) is 82.6 Å². The molecule has 1 aromatic rings. The van der Waals surface area contributed by atoms with Gasteiger partial charge in [-0.3, -0.25) is 0 Å². The van der Waals surface area contributed by atoms with Gasteiger partial charge in [-0.05, 0) is 49.3 Å². The molecule has 136 valence electrons. The van der Waals surface area contributed by atoms with Crippen LogP contribution in [0.2, 0.25) is 0 Å². The fraction of sp³-hybridized carbons (Fsp3) is 0.714. The van der Waals surface area contributed by atoms with Gasteiger partial charge in [-0.15, -0.1) is 0 Å². The minimum absolute atomic E-state index is 0.0864. The highest BCUT2D eigenvalue weighted by molar-refractivity contribution is 5.30. The van der Waals surface area contributed by atoms with Crippen LogP contribution >= 0.6 is 0 Å². The molecule has 2 rings (SSSR count). The number of hydrogen-bond donors (Lipinski definition) is 2. The molecule has 0 bridgehead atoms. The lowest BCUT2D eigenvalue weighted by Gasteiger charge is -2.21. The lowest BCUT2D eigenvalue weighted by Crippen LogP contribution is -2.40. The Morgan fingerprint density at radius 1 is 1.08 bits per heavy atom. The van der Waals surface area contributed by atoms with E-state index in [0.717, 1.165) is 38.0 Å². The second kappa shape index (κ2) is 10.0. The maximum Gasteiger partial charge on any atom is 0.119 e. The molecule has 3 heteroatoms. The van der Waals surface area contributed by atoms with Gasteiger partial charge in [0.2, 0.25) is 0 Å². The van der Waals surface area contributed by atoms with E-state index in [-0.39, 0.29) is 12.1 Å². The van der Waals surface area contributed by atoms with Crippen molar-refractivity contribution >= 4 is 0 Å². The van der Waals surface area contributed by atoms with E-state index in [0.29, 0.717) is 5.92 Å². The summed E-state index contributed by atoms with van der Waals surface area (Å²) >= 11 is 0. The largest absolute Gasteiger partial charge is 0.494 e. The number of hydrogen-bond acceptors (Lipinski definition) is 3. The van der Waals surface area contributed by atoms with E-state index in [1.807, 2.05) is 0 Å². The average molecular weight is 334 g/mol. The van der Waals surface area contributed by atoms with Crippen LogP contribution in [-0.2, 0) is 0 Å². The molecular formula is C21H35NO2. The molecule has 1 fully saturated rings. The maximum atomic E-state index is 9.39. The lowest BCUT2D eigenvalue weighted by atomic mass is 9.94. The molecule has 1 aromatic carbocycles. The Morgan fingerprint density at radius 2 is 1.75 bits per heavy atom. The van der Waals surface area contributed by atoms with Crippen molar-refractivity contribution in [3.63, 3.8) is 0 Å². The molecule has 1 saturated carbocycles. The van der Waals surface area contributed by atoms with Crippen LogP contribution < -0.4 is 10.5 Å². The van der Waals surface area contributed by atoms with Crippen LogP contribution in [0.1, 0.15) is 82.6 Å². The lowest BCUT2D eigenvalue weighted by molar-refractivity contribution is 0.198. The predicted octanol–water partition coefficient (Wildman–Crippen LogP) is 4.77. The van der Waals surface area contributed by atoms with Gasteiger partial charge in [0.15, 0.2) is 0 Å². The maximum absolute atomic E-state index is 9.39. The molecule has 0 saturated heterocycles. The minimum Gasteiger partial charge on any atom is -0.494 e. The third kappa shape index (κ3) is 6.10. The fourth-order valence-electron chi connectivity index (χ4n) is 3.67. The molecular weight excluding hydrogens is 298 g/mol. The molecule has 24 heavy (non-hydrogen) atoms. The molecule has 3 nitrogen and oxygen atoms in total. The molecule has 1 aliphatic carbocycles. The van der Waals surface area contributed by atoms with E-state index < -0.39 is 0 Å². The summed E-state index contributed by atoms with van der Waals surface area (Å²) in [4.78, 5) is 0. The second-order valence-corrected chi connectivity index (χ2v) is 7.50. The Labute approximate surface area is 147 Å². The summed E-state index contributed by atoms with van der Waals surface area (Å²) in [6.45, 7) is 3.15. The number of rotatable bonds is 11. The highest BCUT2D eigenvalue weighted by Gasteiger charge is 2.35. The van der Waals surface area contributed by atoms with Gasteiger partial charge in [0.1, 0.15) is 5.75 Å². The monoisotopic (exact) mass is 333 g/mol. The summed E-state index contributed by atoms with van der Waals surface area (Å²) in [5.74, 6) is 1.43. The van der Waals surface area contributed by atoms with Crippen molar-refractivity contribution in [2.24, 2.45) is 5.73 Å². The number of ether oxygens (including phenoxy) is 1. The Morgan fingerprint density at radius 3 is 2.38 bits per heavy atom. The smallest absolute Gasteiger partial charge is 0.119 e. The van der Waals surface area contributed by atoms with Crippen LogP contribution in [0.15, 0.2) is 24.3 Å². The van der Waals surface area contributed by atoms with Crippen LogP contribution in [0.3, 0.4) is 0 Å². The van der Waals surface area contributed by atoms with Gasteiger partial charge >= 0.3 is 0 Å². The molecule has 0 amide bonds. The van der Waals surface area contributed by atoms with Gasteiger partial charge in [0.05, 0.1) is 13.2 Å². The molecule has 0 aliphatic heterocycles. The van der Waals surface area contributed by atoms with Crippen molar-refractivity contribution < 1.29 is 9.84 Å². The molecule has 3 N–H and O–H groups in total. The summed E-state index contributed by atoms with van der Waals surface area (Å²) in [6.07, 6.45) is 12.0. The zero-order valence-electron chi connectivity index (χ0n) is 15.3. The van der Waals surface area contributed by atoms with E-state index >= 15 is 0 Å². The predicted molar refractivity (Wildman–Crippen MR) is 101 cm³/mol. The summed E-state index contributed by atoms with van der Waals surface area (Å²) in [6, 6.07) is 8.47.